The van der Waals surface area contributed by atoms with Gasteiger partial charge in [-0.15, -0.1) is 0 Å². The molecule has 0 saturated carbocycles. The average Bonchev–Trinajstić information content (AvgIpc) is 3.00. The van der Waals surface area contributed by atoms with Gasteiger partial charge in [-0.2, -0.15) is 8.42 Å². The Morgan fingerprint density at radius 2 is 1.88 bits per heavy atom. The highest BCUT2D eigenvalue weighted by molar-refractivity contribution is 7.86. The van der Waals surface area contributed by atoms with Crippen molar-refractivity contribution in [3.05, 3.63) is 29.8 Å². The minimum absolute atomic E-state index is 0.0649. The van der Waals surface area contributed by atoms with Crippen molar-refractivity contribution >= 4 is 10.1 Å². The van der Waals surface area contributed by atoms with E-state index in [9.17, 15) is 13.5 Å². The molecule has 7 nitrogen and oxygen atoms in total. The quantitative estimate of drug-likeness (QED) is 0.785. The summed E-state index contributed by atoms with van der Waals surface area (Å²) in [5, 5.41) is 9.46. The van der Waals surface area contributed by atoms with Crippen LogP contribution in [0.15, 0.2) is 29.2 Å². The van der Waals surface area contributed by atoms with Crippen LogP contribution in [0.1, 0.15) is 26.3 Å². The van der Waals surface area contributed by atoms with E-state index < -0.39 is 40.5 Å². The fourth-order valence-corrected chi connectivity index (χ4v) is 4.17. The second-order valence-corrected chi connectivity index (χ2v) is 8.63. The zero-order valence-corrected chi connectivity index (χ0v) is 15.5. The number of aliphatic hydroxyl groups excluding tert-OH is 1. The molecule has 2 heterocycles. The van der Waals surface area contributed by atoms with Crippen LogP contribution in [0.3, 0.4) is 0 Å². The summed E-state index contributed by atoms with van der Waals surface area (Å²) in [6, 6.07) is 6.41. The van der Waals surface area contributed by atoms with E-state index >= 15 is 0 Å². The first-order valence-corrected chi connectivity index (χ1v) is 9.66. The van der Waals surface area contributed by atoms with Crippen molar-refractivity contribution < 1.29 is 31.9 Å². The van der Waals surface area contributed by atoms with E-state index in [1.807, 2.05) is 6.92 Å². The van der Waals surface area contributed by atoms with E-state index in [4.69, 9.17) is 18.4 Å². The summed E-state index contributed by atoms with van der Waals surface area (Å²) >= 11 is 0. The molecule has 0 amide bonds. The van der Waals surface area contributed by atoms with E-state index in [-0.39, 0.29) is 17.4 Å². The Balaban J connectivity index is 1.87. The van der Waals surface area contributed by atoms with E-state index in [0.717, 1.165) is 5.56 Å². The summed E-state index contributed by atoms with van der Waals surface area (Å²) in [7, 11) is -4.01. The first kappa shape index (κ1) is 18.8. The third kappa shape index (κ3) is 3.74. The first-order chi connectivity index (χ1) is 11.6. The molecule has 1 N–H and O–H groups in total. The highest BCUT2D eigenvalue weighted by atomic mass is 32.2. The van der Waals surface area contributed by atoms with Gasteiger partial charge in [0.25, 0.3) is 10.1 Å². The molecule has 2 fully saturated rings. The van der Waals surface area contributed by atoms with Gasteiger partial charge in [-0.25, -0.2) is 0 Å². The number of hydrogen-bond donors (Lipinski definition) is 1. The van der Waals surface area contributed by atoms with Crippen LogP contribution in [-0.2, 0) is 28.5 Å². The van der Waals surface area contributed by atoms with E-state index in [2.05, 4.69) is 0 Å². The van der Waals surface area contributed by atoms with Crippen LogP contribution in [-0.4, -0.2) is 50.5 Å². The second-order valence-electron chi connectivity index (χ2n) is 7.06. The lowest BCUT2D eigenvalue weighted by molar-refractivity contribution is -0.219. The maximum absolute atomic E-state index is 12.7. The van der Waals surface area contributed by atoms with Gasteiger partial charge in [0.2, 0.25) is 0 Å². The first-order valence-electron chi connectivity index (χ1n) is 8.25. The summed E-state index contributed by atoms with van der Waals surface area (Å²) < 4.78 is 48.1. The van der Waals surface area contributed by atoms with Crippen LogP contribution in [0.4, 0.5) is 0 Å². The molecule has 140 valence electrons. The van der Waals surface area contributed by atoms with Crippen molar-refractivity contribution in [1.29, 1.82) is 0 Å². The van der Waals surface area contributed by atoms with Crippen molar-refractivity contribution in [3.63, 3.8) is 0 Å². The van der Waals surface area contributed by atoms with Gasteiger partial charge >= 0.3 is 0 Å². The zero-order valence-electron chi connectivity index (χ0n) is 14.7. The molecule has 0 spiro atoms. The van der Waals surface area contributed by atoms with Crippen molar-refractivity contribution in [2.24, 2.45) is 5.92 Å². The Labute approximate surface area is 148 Å². The summed E-state index contributed by atoms with van der Waals surface area (Å²) in [5.41, 5.74) is 0.948. The molecule has 2 saturated heterocycles. The molecular weight excluding hydrogens is 348 g/mol. The molecule has 8 heteroatoms. The van der Waals surface area contributed by atoms with Gasteiger partial charge in [0.15, 0.2) is 12.1 Å². The molecule has 1 aromatic rings. The minimum atomic E-state index is -4.01. The fourth-order valence-electron chi connectivity index (χ4n) is 3.08. The van der Waals surface area contributed by atoms with E-state index in [1.165, 1.54) is 12.1 Å². The number of rotatable bonds is 5. The van der Waals surface area contributed by atoms with Gasteiger partial charge < -0.3 is 19.3 Å². The lowest BCUT2D eigenvalue weighted by Crippen LogP contribution is -2.41. The van der Waals surface area contributed by atoms with Gasteiger partial charge in [-0.3, -0.25) is 4.18 Å². The normalized spacial score (nSPS) is 32.5. The second kappa shape index (κ2) is 6.61. The minimum Gasteiger partial charge on any atom is -0.396 e. The van der Waals surface area contributed by atoms with Crippen LogP contribution in [0.2, 0.25) is 0 Å². The molecule has 0 bridgehead atoms. The van der Waals surface area contributed by atoms with E-state index in [1.54, 1.807) is 32.9 Å². The Hall–Kier alpha value is -1.03. The van der Waals surface area contributed by atoms with Gasteiger partial charge in [0.05, 0.1) is 11.0 Å². The Morgan fingerprint density at radius 3 is 2.48 bits per heavy atom. The standard InChI is InChI=1S/C17H24O7S/c1-10-5-7-12(8-6-10)25(19,20)24-14-13(11(2)9-18)21-16-15(14)22-17(3,4)23-16/h5-8,11,13-16,18H,9H2,1-4H3/t11-,13-,14+,15-,16-/m1/s1. The molecular formula is C17H24O7S. The van der Waals surface area contributed by atoms with Crippen molar-refractivity contribution in [2.45, 2.75) is 63.0 Å². The summed E-state index contributed by atoms with van der Waals surface area (Å²) in [6.45, 7) is 6.91. The molecule has 2 aliphatic rings. The average molecular weight is 372 g/mol. The van der Waals surface area contributed by atoms with Crippen molar-refractivity contribution in [2.75, 3.05) is 6.61 Å². The largest absolute Gasteiger partial charge is 0.396 e. The lowest BCUT2D eigenvalue weighted by Gasteiger charge is -2.28. The summed E-state index contributed by atoms with van der Waals surface area (Å²) in [4.78, 5) is 0.0649. The van der Waals surface area contributed by atoms with Gasteiger partial charge in [-0.1, -0.05) is 24.6 Å². The predicted molar refractivity (Wildman–Crippen MR) is 88.2 cm³/mol. The molecule has 0 unspecified atom stereocenters. The topological polar surface area (TPSA) is 91.3 Å². The number of aliphatic hydroxyl groups is 1. The Kier molecular flexibility index (Phi) is 4.95. The van der Waals surface area contributed by atoms with Crippen LogP contribution < -0.4 is 0 Å². The zero-order chi connectivity index (χ0) is 18.4. The predicted octanol–water partition coefficient (Wildman–Crippen LogP) is 1.57. The molecule has 2 aliphatic heterocycles. The van der Waals surface area contributed by atoms with Crippen LogP contribution in [0, 0.1) is 12.8 Å². The number of ether oxygens (including phenoxy) is 3. The molecule has 25 heavy (non-hydrogen) atoms. The van der Waals surface area contributed by atoms with Crippen molar-refractivity contribution in [1.82, 2.24) is 0 Å². The SMILES string of the molecule is Cc1ccc(S(=O)(=O)O[C@@H]2[C@H]3OC(C)(C)O[C@H]3O[C@@H]2[C@H](C)CO)cc1. The number of aryl methyl sites for hydroxylation is 1. The molecule has 3 rings (SSSR count). The maximum Gasteiger partial charge on any atom is 0.297 e. The molecule has 0 aromatic heterocycles. The summed E-state index contributed by atoms with van der Waals surface area (Å²) in [5.74, 6) is -1.23. The van der Waals surface area contributed by atoms with E-state index in [0.29, 0.717) is 0 Å². The van der Waals surface area contributed by atoms with Crippen LogP contribution in [0.5, 0.6) is 0 Å². The smallest absolute Gasteiger partial charge is 0.297 e. The maximum atomic E-state index is 12.7. The van der Waals surface area contributed by atoms with Crippen LogP contribution >= 0.6 is 0 Å². The monoisotopic (exact) mass is 372 g/mol. The Bertz CT molecular complexity index is 713. The molecule has 1 aromatic carbocycles. The third-order valence-electron chi connectivity index (χ3n) is 4.42. The number of benzene rings is 1. The Morgan fingerprint density at radius 1 is 1.24 bits per heavy atom. The molecule has 0 radical (unpaired) electrons. The highest BCUT2D eigenvalue weighted by Gasteiger charge is 2.57. The lowest BCUT2D eigenvalue weighted by atomic mass is 9.99. The summed E-state index contributed by atoms with van der Waals surface area (Å²) in [6.07, 6.45) is -2.97. The van der Waals surface area contributed by atoms with Crippen LogP contribution in [0.25, 0.3) is 0 Å². The van der Waals surface area contributed by atoms with Gasteiger partial charge in [0, 0.05) is 12.5 Å². The third-order valence-corrected chi connectivity index (χ3v) is 5.75. The fraction of sp³-hybridized carbons (Fsp3) is 0.647. The number of hydrogen-bond acceptors (Lipinski definition) is 7. The van der Waals surface area contributed by atoms with Crippen molar-refractivity contribution in [3.8, 4) is 0 Å². The highest BCUT2D eigenvalue weighted by Crippen LogP contribution is 2.41. The number of fused-ring (bicyclic) bond motifs is 1. The van der Waals surface area contributed by atoms with Gasteiger partial charge in [-0.05, 0) is 32.9 Å². The van der Waals surface area contributed by atoms with Gasteiger partial charge in [0.1, 0.15) is 12.2 Å². The molecule has 5 atom stereocenters. The molecule has 0 aliphatic carbocycles.